The van der Waals surface area contributed by atoms with E-state index in [1.807, 2.05) is 36.0 Å². The zero-order valence-electron chi connectivity index (χ0n) is 12.7. The van der Waals surface area contributed by atoms with Crippen LogP contribution in [0.15, 0.2) is 46.4 Å². The molecule has 124 valence electrons. The summed E-state index contributed by atoms with van der Waals surface area (Å²) >= 11 is 5.28. The summed E-state index contributed by atoms with van der Waals surface area (Å²) in [7, 11) is 1.76. The molecule has 0 spiro atoms. The van der Waals surface area contributed by atoms with Gasteiger partial charge in [-0.2, -0.15) is 11.8 Å². The van der Waals surface area contributed by atoms with E-state index in [0.29, 0.717) is 13.2 Å². The number of halogens is 2. The second kappa shape index (κ2) is 14.2. The van der Waals surface area contributed by atoms with Crippen molar-refractivity contribution in [2.24, 2.45) is 4.99 Å². The zero-order chi connectivity index (χ0) is 15.3. The fourth-order valence-corrected chi connectivity index (χ4v) is 2.54. The van der Waals surface area contributed by atoms with Crippen LogP contribution >= 0.6 is 51.7 Å². The summed E-state index contributed by atoms with van der Waals surface area (Å²) < 4.78 is 6.71. The van der Waals surface area contributed by atoms with Gasteiger partial charge in [0.2, 0.25) is 0 Å². The first-order valence-electron chi connectivity index (χ1n) is 6.77. The van der Waals surface area contributed by atoms with Crippen molar-refractivity contribution in [3.8, 4) is 5.75 Å². The predicted octanol–water partition coefficient (Wildman–Crippen LogP) is 3.53. The highest BCUT2D eigenvalue weighted by molar-refractivity contribution is 14.0. The molecule has 0 radical (unpaired) electrons. The van der Waals surface area contributed by atoms with Crippen molar-refractivity contribution in [1.82, 2.24) is 10.6 Å². The highest BCUT2D eigenvalue weighted by Gasteiger charge is 1.97. The number of guanidine groups is 1. The molecule has 0 heterocycles. The molecule has 7 heteroatoms. The fourth-order valence-electron chi connectivity index (χ4n) is 1.51. The van der Waals surface area contributed by atoms with E-state index >= 15 is 0 Å². The number of rotatable bonds is 9. The minimum atomic E-state index is 0. The van der Waals surface area contributed by atoms with E-state index in [2.05, 4.69) is 38.1 Å². The summed E-state index contributed by atoms with van der Waals surface area (Å²) in [6.45, 7) is 5.96. The maximum atomic E-state index is 5.67. The Kier molecular flexibility index (Phi) is 13.9. The first kappa shape index (κ1) is 21.6. The highest BCUT2D eigenvalue weighted by Crippen LogP contribution is 2.17. The van der Waals surface area contributed by atoms with Gasteiger partial charge in [-0.1, -0.05) is 28.1 Å². The molecule has 22 heavy (non-hydrogen) atoms. The second-order valence-electron chi connectivity index (χ2n) is 4.09. The van der Waals surface area contributed by atoms with Crippen molar-refractivity contribution in [3.63, 3.8) is 0 Å². The smallest absolute Gasteiger partial charge is 0.191 e. The van der Waals surface area contributed by atoms with Gasteiger partial charge in [-0.15, -0.1) is 30.6 Å². The number of thioether (sulfide) groups is 1. The molecule has 1 rings (SSSR count). The van der Waals surface area contributed by atoms with Gasteiger partial charge in [-0.25, -0.2) is 0 Å². The van der Waals surface area contributed by atoms with Gasteiger partial charge in [0.15, 0.2) is 5.96 Å². The van der Waals surface area contributed by atoms with Crippen LogP contribution in [-0.4, -0.2) is 44.2 Å². The zero-order valence-corrected chi connectivity index (χ0v) is 17.4. The summed E-state index contributed by atoms with van der Waals surface area (Å²) in [6.07, 6.45) is 1.81. The highest BCUT2D eigenvalue weighted by atomic mass is 127. The van der Waals surface area contributed by atoms with Crippen molar-refractivity contribution in [2.45, 2.75) is 0 Å². The van der Waals surface area contributed by atoms with Gasteiger partial charge in [0.1, 0.15) is 5.75 Å². The van der Waals surface area contributed by atoms with Crippen LogP contribution in [0.2, 0.25) is 0 Å². The number of hydrogen-bond acceptors (Lipinski definition) is 3. The topological polar surface area (TPSA) is 45.7 Å². The molecule has 4 nitrogen and oxygen atoms in total. The minimum Gasteiger partial charge on any atom is -0.493 e. The maximum absolute atomic E-state index is 5.67. The van der Waals surface area contributed by atoms with Crippen LogP contribution in [0, 0.1) is 0 Å². The van der Waals surface area contributed by atoms with Gasteiger partial charge in [0.05, 0.1) is 6.61 Å². The molecule has 0 unspecified atom stereocenters. The average molecular weight is 500 g/mol. The van der Waals surface area contributed by atoms with E-state index < -0.39 is 0 Å². The van der Waals surface area contributed by atoms with Crippen LogP contribution in [0.4, 0.5) is 0 Å². The molecule has 2 N–H and O–H groups in total. The average Bonchev–Trinajstić information content (AvgIpc) is 2.49. The summed E-state index contributed by atoms with van der Waals surface area (Å²) in [5, 5.41) is 6.37. The third-order valence-corrected chi connectivity index (χ3v) is 3.91. The normalized spacial score (nSPS) is 10.5. The number of aliphatic imine (C=N–C) groups is 1. The molecular formula is C15H23BrIN3OS. The first-order chi connectivity index (χ1) is 10.3. The molecule has 0 atom stereocenters. The molecule has 1 aromatic carbocycles. The molecule has 0 saturated carbocycles. The van der Waals surface area contributed by atoms with Crippen LogP contribution in [0.3, 0.4) is 0 Å². The molecule has 0 aliphatic heterocycles. The lowest BCUT2D eigenvalue weighted by Crippen LogP contribution is -2.38. The number of hydrogen-bond donors (Lipinski definition) is 2. The Hall–Kier alpha value is -0.410. The Morgan fingerprint density at radius 1 is 1.41 bits per heavy atom. The SMILES string of the molecule is C=CCNC(=NC)NCCSCCOc1cccc(Br)c1.I. The third-order valence-electron chi connectivity index (χ3n) is 2.47. The Labute approximate surface area is 162 Å². The van der Waals surface area contributed by atoms with Crippen molar-refractivity contribution in [1.29, 1.82) is 0 Å². The standard InChI is InChI=1S/C15H22BrN3OS.HI/c1-3-7-18-15(17-2)19-8-10-21-11-9-20-14-6-4-5-13(16)12-14;/h3-6,12H,1,7-11H2,2H3,(H2,17,18,19);1H. The van der Waals surface area contributed by atoms with Gasteiger partial charge >= 0.3 is 0 Å². The van der Waals surface area contributed by atoms with Gasteiger partial charge in [0.25, 0.3) is 0 Å². The van der Waals surface area contributed by atoms with Crippen LogP contribution in [0.25, 0.3) is 0 Å². The van der Waals surface area contributed by atoms with Crippen LogP contribution in [0.1, 0.15) is 0 Å². The Bertz CT molecular complexity index is 460. The lowest BCUT2D eigenvalue weighted by atomic mass is 10.3. The summed E-state index contributed by atoms with van der Waals surface area (Å²) in [5.74, 6) is 3.68. The van der Waals surface area contributed by atoms with Crippen molar-refractivity contribution < 1.29 is 4.74 Å². The molecule has 0 aliphatic carbocycles. The first-order valence-corrected chi connectivity index (χ1v) is 8.72. The molecule has 0 aliphatic rings. The van der Waals surface area contributed by atoms with Crippen LogP contribution in [-0.2, 0) is 0 Å². The van der Waals surface area contributed by atoms with E-state index in [-0.39, 0.29) is 24.0 Å². The van der Waals surface area contributed by atoms with E-state index in [9.17, 15) is 0 Å². The largest absolute Gasteiger partial charge is 0.493 e. The lowest BCUT2D eigenvalue weighted by Gasteiger charge is -2.10. The molecule has 0 bridgehead atoms. The Balaban J connectivity index is 0.00000441. The van der Waals surface area contributed by atoms with Gasteiger partial charge in [0, 0.05) is 36.1 Å². The summed E-state index contributed by atoms with van der Waals surface area (Å²) in [5.41, 5.74) is 0. The lowest BCUT2D eigenvalue weighted by molar-refractivity contribution is 0.344. The van der Waals surface area contributed by atoms with E-state index in [1.165, 1.54) is 0 Å². The van der Waals surface area contributed by atoms with Gasteiger partial charge < -0.3 is 15.4 Å². The molecule has 0 fully saturated rings. The number of benzene rings is 1. The molecule has 0 saturated heterocycles. The maximum Gasteiger partial charge on any atom is 0.191 e. The monoisotopic (exact) mass is 499 g/mol. The van der Waals surface area contributed by atoms with Gasteiger partial charge in [-0.05, 0) is 18.2 Å². The van der Waals surface area contributed by atoms with E-state index in [4.69, 9.17) is 4.74 Å². The fraction of sp³-hybridized carbons (Fsp3) is 0.400. The van der Waals surface area contributed by atoms with Crippen molar-refractivity contribution in [3.05, 3.63) is 41.4 Å². The summed E-state index contributed by atoms with van der Waals surface area (Å²) in [4.78, 5) is 4.12. The Morgan fingerprint density at radius 3 is 2.91 bits per heavy atom. The molecule has 0 aromatic heterocycles. The molecule has 1 aromatic rings. The second-order valence-corrected chi connectivity index (χ2v) is 6.23. The predicted molar refractivity (Wildman–Crippen MR) is 112 cm³/mol. The number of ether oxygens (including phenoxy) is 1. The quantitative estimate of drug-likeness (QED) is 0.179. The van der Waals surface area contributed by atoms with Gasteiger partial charge in [-0.3, -0.25) is 4.99 Å². The van der Waals surface area contributed by atoms with Crippen molar-refractivity contribution in [2.75, 3.05) is 38.2 Å². The molecular weight excluding hydrogens is 477 g/mol. The van der Waals surface area contributed by atoms with Crippen LogP contribution in [0.5, 0.6) is 5.75 Å². The number of nitrogens with zero attached hydrogens (tertiary/aromatic N) is 1. The third kappa shape index (κ3) is 10.3. The van der Waals surface area contributed by atoms with E-state index in [0.717, 1.165) is 34.2 Å². The number of nitrogens with one attached hydrogen (secondary N) is 2. The summed E-state index contributed by atoms with van der Waals surface area (Å²) in [6, 6.07) is 7.90. The van der Waals surface area contributed by atoms with E-state index in [1.54, 1.807) is 13.1 Å². The Morgan fingerprint density at radius 2 is 2.23 bits per heavy atom. The van der Waals surface area contributed by atoms with Crippen LogP contribution < -0.4 is 15.4 Å². The minimum absolute atomic E-state index is 0. The molecule has 0 amide bonds. The van der Waals surface area contributed by atoms with Crippen molar-refractivity contribution >= 4 is 57.6 Å².